The molecule has 0 aromatic rings. The van der Waals surface area contributed by atoms with E-state index in [9.17, 15) is 5.11 Å². The van der Waals surface area contributed by atoms with E-state index >= 15 is 0 Å². The van der Waals surface area contributed by atoms with E-state index in [1.165, 1.54) is 30.8 Å². The summed E-state index contributed by atoms with van der Waals surface area (Å²) in [5.41, 5.74) is 0. The van der Waals surface area contributed by atoms with Gasteiger partial charge in [-0.3, -0.25) is 0 Å². The predicted molar refractivity (Wildman–Crippen MR) is 63.3 cm³/mol. The van der Waals surface area contributed by atoms with Crippen LogP contribution in [0.2, 0.25) is 0 Å². The molecule has 3 unspecified atom stereocenters. The molecule has 0 saturated carbocycles. The quantitative estimate of drug-likeness (QED) is 0.737. The number of aliphatic hydroxyl groups excluding tert-OH is 1. The molecule has 0 spiro atoms. The second kappa shape index (κ2) is 6.09. The Balaban J connectivity index is 1.69. The van der Waals surface area contributed by atoms with E-state index in [1.807, 2.05) is 11.8 Å². The van der Waals surface area contributed by atoms with Crippen molar-refractivity contribution in [2.24, 2.45) is 5.92 Å². The average Bonchev–Trinajstić information content (AvgIpc) is 2.90. The Morgan fingerprint density at radius 1 is 1.47 bits per heavy atom. The van der Waals surface area contributed by atoms with E-state index in [0.717, 1.165) is 13.2 Å². The highest BCUT2D eigenvalue weighted by molar-refractivity contribution is 7.99. The first kappa shape index (κ1) is 11.7. The topological polar surface area (TPSA) is 41.5 Å². The van der Waals surface area contributed by atoms with Gasteiger partial charge in [0.05, 0.1) is 12.7 Å². The van der Waals surface area contributed by atoms with Crippen molar-refractivity contribution in [3.05, 3.63) is 0 Å². The van der Waals surface area contributed by atoms with Crippen molar-refractivity contribution in [1.29, 1.82) is 0 Å². The van der Waals surface area contributed by atoms with Crippen LogP contribution in [0, 0.1) is 5.92 Å². The van der Waals surface area contributed by atoms with Gasteiger partial charge >= 0.3 is 0 Å². The van der Waals surface area contributed by atoms with Crippen molar-refractivity contribution >= 4 is 11.8 Å². The molecule has 2 N–H and O–H groups in total. The lowest BCUT2D eigenvalue weighted by molar-refractivity contribution is 0.0996. The van der Waals surface area contributed by atoms with E-state index in [1.54, 1.807) is 0 Å². The highest BCUT2D eigenvalue weighted by atomic mass is 32.2. The van der Waals surface area contributed by atoms with Gasteiger partial charge in [-0.25, -0.2) is 0 Å². The molecule has 2 aliphatic rings. The maximum atomic E-state index is 9.35. The van der Waals surface area contributed by atoms with E-state index in [-0.39, 0.29) is 12.6 Å². The monoisotopic (exact) mass is 231 g/mol. The van der Waals surface area contributed by atoms with Gasteiger partial charge in [0.2, 0.25) is 0 Å². The molecule has 0 aliphatic carbocycles. The molecule has 3 nitrogen and oxygen atoms in total. The summed E-state index contributed by atoms with van der Waals surface area (Å²) >= 11 is 2.00. The van der Waals surface area contributed by atoms with Gasteiger partial charge in [-0.15, -0.1) is 0 Å². The third-order valence-corrected chi connectivity index (χ3v) is 4.55. The first-order valence-corrected chi connectivity index (χ1v) is 7.09. The van der Waals surface area contributed by atoms with Crippen molar-refractivity contribution in [2.75, 3.05) is 31.3 Å². The summed E-state index contributed by atoms with van der Waals surface area (Å²) in [5.74, 6) is 3.10. The van der Waals surface area contributed by atoms with Gasteiger partial charge in [0, 0.05) is 19.2 Å². The van der Waals surface area contributed by atoms with Gasteiger partial charge in [-0.05, 0) is 36.7 Å². The lowest BCUT2D eigenvalue weighted by Crippen LogP contribution is -2.42. The molecule has 2 fully saturated rings. The standard InChI is InChI=1S/C11H21NO2S/c13-7-11(9-3-5-15-8-9)12-6-10-2-1-4-14-10/h9-13H,1-8H2. The number of rotatable bonds is 5. The Hall–Kier alpha value is 0.230. The third kappa shape index (κ3) is 3.34. The minimum absolute atomic E-state index is 0.262. The summed E-state index contributed by atoms with van der Waals surface area (Å²) in [7, 11) is 0. The minimum Gasteiger partial charge on any atom is -0.395 e. The molecule has 2 saturated heterocycles. The molecule has 0 aromatic carbocycles. The molecule has 2 aliphatic heterocycles. The third-order valence-electron chi connectivity index (χ3n) is 3.36. The SMILES string of the molecule is OCC(NCC1CCCO1)C1CCSC1. The zero-order valence-corrected chi connectivity index (χ0v) is 9.97. The van der Waals surface area contributed by atoms with Crippen LogP contribution in [0.1, 0.15) is 19.3 Å². The molecule has 2 heterocycles. The summed E-state index contributed by atoms with van der Waals surface area (Å²) in [6.45, 7) is 2.08. The van der Waals surface area contributed by atoms with Gasteiger partial charge in [-0.2, -0.15) is 11.8 Å². The second-order valence-corrected chi connectivity index (χ2v) is 5.61. The number of nitrogens with one attached hydrogen (secondary N) is 1. The Bertz CT molecular complexity index is 179. The first-order valence-electron chi connectivity index (χ1n) is 5.93. The normalized spacial score (nSPS) is 33.4. The fraction of sp³-hybridized carbons (Fsp3) is 1.00. The van der Waals surface area contributed by atoms with Crippen LogP contribution < -0.4 is 5.32 Å². The van der Waals surface area contributed by atoms with Gasteiger partial charge < -0.3 is 15.2 Å². The molecule has 0 aromatic heterocycles. The zero-order chi connectivity index (χ0) is 10.5. The average molecular weight is 231 g/mol. The smallest absolute Gasteiger partial charge is 0.0700 e. The molecular weight excluding hydrogens is 210 g/mol. The van der Waals surface area contributed by atoms with E-state index < -0.39 is 0 Å². The Morgan fingerprint density at radius 3 is 3.00 bits per heavy atom. The van der Waals surface area contributed by atoms with Crippen LogP contribution >= 0.6 is 11.8 Å². The van der Waals surface area contributed by atoms with Crippen LogP contribution in [0.4, 0.5) is 0 Å². The number of hydrogen-bond donors (Lipinski definition) is 2. The molecule has 15 heavy (non-hydrogen) atoms. The number of thioether (sulfide) groups is 1. The molecule has 88 valence electrons. The number of ether oxygens (including phenoxy) is 1. The highest BCUT2D eigenvalue weighted by Crippen LogP contribution is 2.26. The van der Waals surface area contributed by atoms with Gasteiger partial charge in [-0.1, -0.05) is 0 Å². The van der Waals surface area contributed by atoms with E-state index in [0.29, 0.717) is 12.0 Å². The molecule has 2 rings (SSSR count). The molecule has 3 atom stereocenters. The molecule has 4 heteroatoms. The zero-order valence-electron chi connectivity index (χ0n) is 9.15. The van der Waals surface area contributed by atoms with E-state index in [2.05, 4.69) is 5.32 Å². The second-order valence-electron chi connectivity index (χ2n) is 4.46. The van der Waals surface area contributed by atoms with Crippen LogP contribution in [-0.2, 0) is 4.74 Å². The molecule has 0 amide bonds. The van der Waals surface area contributed by atoms with Crippen molar-refractivity contribution in [3.63, 3.8) is 0 Å². The van der Waals surface area contributed by atoms with Crippen molar-refractivity contribution < 1.29 is 9.84 Å². The summed E-state index contributed by atoms with van der Waals surface area (Å²) < 4.78 is 5.56. The van der Waals surface area contributed by atoms with Crippen molar-refractivity contribution in [1.82, 2.24) is 5.32 Å². The van der Waals surface area contributed by atoms with Crippen LogP contribution in [0.5, 0.6) is 0 Å². The largest absolute Gasteiger partial charge is 0.395 e. The fourth-order valence-electron chi connectivity index (χ4n) is 2.34. The van der Waals surface area contributed by atoms with Gasteiger partial charge in [0.15, 0.2) is 0 Å². The first-order chi connectivity index (χ1) is 7.40. The van der Waals surface area contributed by atoms with Crippen LogP contribution in [-0.4, -0.2) is 48.5 Å². The minimum atomic E-state index is 0.262. The van der Waals surface area contributed by atoms with Gasteiger partial charge in [0.25, 0.3) is 0 Å². The molecule has 0 bridgehead atoms. The van der Waals surface area contributed by atoms with Crippen molar-refractivity contribution in [3.8, 4) is 0 Å². The van der Waals surface area contributed by atoms with Crippen LogP contribution in [0.15, 0.2) is 0 Å². The summed E-state index contributed by atoms with van der Waals surface area (Å²) in [6.07, 6.45) is 3.99. The van der Waals surface area contributed by atoms with Crippen LogP contribution in [0.3, 0.4) is 0 Å². The molecule has 0 radical (unpaired) electrons. The Morgan fingerprint density at radius 2 is 2.40 bits per heavy atom. The van der Waals surface area contributed by atoms with Crippen molar-refractivity contribution in [2.45, 2.75) is 31.4 Å². The predicted octanol–water partition coefficient (Wildman–Crippen LogP) is 0.869. The van der Waals surface area contributed by atoms with Gasteiger partial charge in [0.1, 0.15) is 0 Å². The maximum Gasteiger partial charge on any atom is 0.0700 e. The Labute approximate surface area is 96.0 Å². The highest BCUT2D eigenvalue weighted by Gasteiger charge is 2.25. The van der Waals surface area contributed by atoms with E-state index in [4.69, 9.17) is 4.74 Å². The lowest BCUT2D eigenvalue weighted by atomic mass is 10.00. The fourth-order valence-corrected chi connectivity index (χ4v) is 3.68. The lowest BCUT2D eigenvalue weighted by Gasteiger charge is -2.23. The number of hydrogen-bond acceptors (Lipinski definition) is 4. The number of aliphatic hydroxyl groups is 1. The molecular formula is C11H21NO2S. The maximum absolute atomic E-state index is 9.35. The summed E-state index contributed by atoms with van der Waals surface area (Å²) in [6, 6.07) is 0.282. The van der Waals surface area contributed by atoms with Crippen LogP contribution in [0.25, 0.3) is 0 Å². The Kier molecular flexibility index (Phi) is 4.75. The summed E-state index contributed by atoms with van der Waals surface area (Å²) in [5, 5.41) is 12.8. The summed E-state index contributed by atoms with van der Waals surface area (Å²) in [4.78, 5) is 0.